The van der Waals surface area contributed by atoms with Gasteiger partial charge in [-0.25, -0.2) is 18.6 Å². The van der Waals surface area contributed by atoms with E-state index in [9.17, 15) is 32.3 Å². The van der Waals surface area contributed by atoms with Crippen LogP contribution < -0.4 is 20.5 Å². The van der Waals surface area contributed by atoms with Crippen molar-refractivity contribution in [2.24, 2.45) is 5.73 Å². The molecule has 0 saturated carbocycles. The summed E-state index contributed by atoms with van der Waals surface area (Å²) in [5, 5.41) is 11.3. The Hall–Kier alpha value is -2.63. The monoisotopic (exact) mass is 341 g/mol. The largest absolute Gasteiger partial charge is 0.501 e. The van der Waals surface area contributed by atoms with E-state index < -0.39 is 54.9 Å². The molecule has 0 radical (unpaired) electrons. The average Bonchev–Trinajstić information content (AvgIpc) is 2.47. The number of aromatic nitrogens is 1. The number of ether oxygens (including phenoxy) is 2. The molecule has 0 saturated heterocycles. The molecule has 1 aromatic rings. The SMILES string of the molecule is NCC(=O)NC(=O)Oc1nccc(OCC(F)(F)C(F)F)c1O. The molecule has 8 nitrogen and oxygen atoms in total. The summed E-state index contributed by atoms with van der Waals surface area (Å²) in [6.07, 6.45) is -4.42. The molecule has 0 fully saturated rings. The molecular formula is C11H11F4N3O5. The summed E-state index contributed by atoms with van der Waals surface area (Å²) >= 11 is 0. The van der Waals surface area contributed by atoms with Crippen molar-refractivity contribution in [1.82, 2.24) is 10.3 Å². The fourth-order valence-electron chi connectivity index (χ4n) is 1.12. The number of nitrogens with two attached hydrogens (primary N) is 1. The number of halogens is 4. The number of hydrogen-bond donors (Lipinski definition) is 3. The second-order valence-corrected chi connectivity index (χ2v) is 3.96. The Morgan fingerprint density at radius 2 is 2.09 bits per heavy atom. The van der Waals surface area contributed by atoms with E-state index in [0.717, 1.165) is 12.3 Å². The minimum absolute atomic E-state index is 0.514. The van der Waals surface area contributed by atoms with Crippen molar-refractivity contribution in [3.8, 4) is 17.4 Å². The Balaban J connectivity index is 2.78. The van der Waals surface area contributed by atoms with Crippen LogP contribution in [0.25, 0.3) is 0 Å². The van der Waals surface area contributed by atoms with E-state index in [1.807, 2.05) is 0 Å². The molecule has 0 bridgehead atoms. The highest BCUT2D eigenvalue weighted by atomic mass is 19.3. The molecule has 128 valence electrons. The van der Waals surface area contributed by atoms with E-state index in [4.69, 9.17) is 5.73 Å². The van der Waals surface area contributed by atoms with Crippen molar-refractivity contribution in [3.63, 3.8) is 0 Å². The first-order chi connectivity index (χ1) is 10.7. The number of nitrogens with one attached hydrogen (secondary N) is 1. The molecule has 23 heavy (non-hydrogen) atoms. The van der Waals surface area contributed by atoms with Crippen LogP contribution in [-0.2, 0) is 4.79 Å². The highest BCUT2D eigenvalue weighted by Crippen LogP contribution is 2.35. The van der Waals surface area contributed by atoms with Crippen molar-refractivity contribution in [3.05, 3.63) is 12.3 Å². The number of amides is 2. The number of alkyl halides is 4. The predicted octanol–water partition coefficient (Wildman–Crippen LogP) is 0.640. The molecule has 1 aromatic heterocycles. The van der Waals surface area contributed by atoms with Gasteiger partial charge in [-0.2, -0.15) is 8.78 Å². The van der Waals surface area contributed by atoms with E-state index in [2.05, 4.69) is 14.5 Å². The van der Waals surface area contributed by atoms with Gasteiger partial charge in [-0.15, -0.1) is 0 Å². The molecule has 1 rings (SSSR count). The number of pyridine rings is 1. The first-order valence-electron chi connectivity index (χ1n) is 5.86. The Labute approximate surface area is 126 Å². The zero-order valence-corrected chi connectivity index (χ0v) is 11.3. The van der Waals surface area contributed by atoms with Crippen molar-refractivity contribution >= 4 is 12.0 Å². The van der Waals surface area contributed by atoms with Crippen LogP contribution in [0.1, 0.15) is 0 Å². The molecular weight excluding hydrogens is 330 g/mol. The maximum absolute atomic E-state index is 12.7. The lowest BCUT2D eigenvalue weighted by Gasteiger charge is -2.16. The third-order valence-electron chi connectivity index (χ3n) is 2.21. The summed E-state index contributed by atoms with van der Waals surface area (Å²) in [4.78, 5) is 25.5. The van der Waals surface area contributed by atoms with Crippen molar-refractivity contribution in [2.45, 2.75) is 12.3 Å². The van der Waals surface area contributed by atoms with Crippen molar-refractivity contribution in [1.29, 1.82) is 0 Å². The van der Waals surface area contributed by atoms with Gasteiger partial charge >= 0.3 is 18.4 Å². The van der Waals surface area contributed by atoms with Gasteiger partial charge in [0.15, 0.2) is 12.4 Å². The van der Waals surface area contributed by atoms with Crippen LogP contribution >= 0.6 is 0 Å². The Bertz CT molecular complexity index is 585. The van der Waals surface area contributed by atoms with Gasteiger partial charge in [-0.1, -0.05) is 0 Å². The molecule has 1 heterocycles. The zero-order chi connectivity index (χ0) is 17.6. The number of hydrogen-bond acceptors (Lipinski definition) is 7. The maximum atomic E-state index is 12.7. The molecule has 4 N–H and O–H groups in total. The Morgan fingerprint density at radius 3 is 2.65 bits per heavy atom. The van der Waals surface area contributed by atoms with Crippen molar-refractivity contribution < 1.29 is 41.7 Å². The zero-order valence-electron chi connectivity index (χ0n) is 11.3. The van der Waals surface area contributed by atoms with E-state index in [-0.39, 0.29) is 0 Å². The van der Waals surface area contributed by atoms with E-state index in [1.54, 1.807) is 5.32 Å². The predicted molar refractivity (Wildman–Crippen MR) is 65.6 cm³/mol. The number of carbonyl (C=O) groups is 2. The smallest absolute Gasteiger partial charge is 0.420 e. The van der Waals surface area contributed by atoms with E-state index in [1.165, 1.54) is 0 Å². The standard InChI is InChI=1S/C11H11F4N3O5/c12-9(13)11(14,15)4-22-5-1-2-17-8(7(5)20)23-10(21)18-6(19)3-16/h1-2,9,20H,3-4,16H2,(H,18,19,21). The highest BCUT2D eigenvalue weighted by Gasteiger charge is 2.42. The summed E-state index contributed by atoms with van der Waals surface area (Å²) in [6, 6.07) is 0.882. The number of imide groups is 1. The Morgan fingerprint density at radius 1 is 1.43 bits per heavy atom. The van der Waals surface area contributed by atoms with E-state index in [0.29, 0.717) is 0 Å². The molecule has 0 aromatic carbocycles. The van der Waals surface area contributed by atoms with Crippen LogP contribution in [0.2, 0.25) is 0 Å². The van der Waals surface area contributed by atoms with Gasteiger partial charge in [-0.05, 0) is 0 Å². The third kappa shape index (κ3) is 5.25. The fourth-order valence-corrected chi connectivity index (χ4v) is 1.12. The molecule has 0 spiro atoms. The Kier molecular flexibility index (Phi) is 6.07. The van der Waals surface area contributed by atoms with Crippen molar-refractivity contribution in [2.75, 3.05) is 13.2 Å². The van der Waals surface area contributed by atoms with Crippen LogP contribution in [0.15, 0.2) is 12.3 Å². The van der Waals surface area contributed by atoms with Gasteiger partial charge in [0.25, 0.3) is 5.88 Å². The lowest BCUT2D eigenvalue weighted by Crippen LogP contribution is -2.37. The van der Waals surface area contributed by atoms with Gasteiger partial charge in [0.05, 0.1) is 6.54 Å². The van der Waals surface area contributed by atoms with Crippen LogP contribution in [0.5, 0.6) is 17.4 Å². The molecule has 2 amide bonds. The van der Waals surface area contributed by atoms with Gasteiger partial charge in [0.1, 0.15) is 0 Å². The van der Waals surface area contributed by atoms with Crippen LogP contribution in [0.4, 0.5) is 22.4 Å². The molecule has 0 aliphatic rings. The highest BCUT2D eigenvalue weighted by molar-refractivity contribution is 5.93. The molecule has 0 aliphatic heterocycles. The first-order valence-corrected chi connectivity index (χ1v) is 5.86. The van der Waals surface area contributed by atoms with Gasteiger partial charge in [0.2, 0.25) is 11.7 Å². The average molecular weight is 341 g/mol. The normalized spacial score (nSPS) is 11.2. The lowest BCUT2D eigenvalue weighted by atomic mass is 10.3. The fraction of sp³-hybridized carbons (Fsp3) is 0.364. The molecule has 12 heteroatoms. The summed E-state index contributed by atoms with van der Waals surface area (Å²) in [5.41, 5.74) is 4.94. The van der Waals surface area contributed by atoms with Gasteiger partial charge in [0, 0.05) is 12.3 Å². The summed E-state index contributed by atoms with van der Waals surface area (Å²) in [5.74, 6) is -7.79. The van der Waals surface area contributed by atoms with Crippen LogP contribution in [0, 0.1) is 0 Å². The third-order valence-corrected chi connectivity index (χ3v) is 2.21. The maximum Gasteiger partial charge on any atom is 0.420 e. The number of aromatic hydroxyl groups is 1. The number of nitrogens with zero attached hydrogens (tertiary/aromatic N) is 1. The summed E-state index contributed by atoms with van der Waals surface area (Å²) in [7, 11) is 0. The minimum atomic E-state index is -4.44. The minimum Gasteiger partial charge on any atom is -0.501 e. The summed E-state index contributed by atoms with van der Waals surface area (Å²) in [6.45, 7) is -2.24. The second kappa shape index (κ2) is 7.58. The van der Waals surface area contributed by atoms with Crippen LogP contribution in [0.3, 0.4) is 0 Å². The molecule has 0 atom stereocenters. The summed E-state index contributed by atoms with van der Waals surface area (Å²) < 4.78 is 58.3. The lowest BCUT2D eigenvalue weighted by molar-refractivity contribution is -0.148. The topological polar surface area (TPSA) is 124 Å². The number of rotatable bonds is 6. The molecule has 0 aliphatic carbocycles. The van der Waals surface area contributed by atoms with Crippen LogP contribution in [-0.4, -0.2) is 47.6 Å². The molecule has 0 unspecified atom stereocenters. The van der Waals surface area contributed by atoms with E-state index >= 15 is 0 Å². The quantitative estimate of drug-likeness (QED) is 0.649. The van der Waals surface area contributed by atoms with Gasteiger partial charge < -0.3 is 20.3 Å². The van der Waals surface area contributed by atoms with Gasteiger partial charge in [-0.3, -0.25) is 10.1 Å². The second-order valence-electron chi connectivity index (χ2n) is 3.96. The first kappa shape index (κ1) is 18.4. The number of carbonyl (C=O) groups excluding carboxylic acids is 2.